The summed E-state index contributed by atoms with van der Waals surface area (Å²) in [6.45, 7) is 2.40. The first-order chi connectivity index (χ1) is 8.76. The van der Waals surface area contributed by atoms with Gasteiger partial charge in [0.25, 0.3) is 5.91 Å². The van der Waals surface area contributed by atoms with Gasteiger partial charge in [0.05, 0.1) is 5.69 Å². The molecule has 0 aliphatic carbocycles. The summed E-state index contributed by atoms with van der Waals surface area (Å²) in [4.78, 5) is 15.7. The van der Waals surface area contributed by atoms with E-state index in [4.69, 9.17) is 5.26 Å². The van der Waals surface area contributed by atoms with E-state index in [-0.39, 0.29) is 5.91 Å². The standard InChI is InChI=1S/C13H12N4O/c1-2-15-13(18)12-8-10(5-6-16-12)17-7-3-4-11(17)9-14/h3-8H,2H2,1H3,(H,15,18). The lowest BCUT2D eigenvalue weighted by molar-refractivity contribution is 0.0951. The largest absolute Gasteiger partial charge is 0.351 e. The van der Waals surface area contributed by atoms with Gasteiger partial charge in [-0.05, 0) is 31.2 Å². The van der Waals surface area contributed by atoms with Gasteiger partial charge in [-0.3, -0.25) is 9.78 Å². The average Bonchev–Trinajstić information content (AvgIpc) is 2.87. The zero-order chi connectivity index (χ0) is 13.0. The van der Waals surface area contributed by atoms with E-state index in [0.29, 0.717) is 17.9 Å². The summed E-state index contributed by atoms with van der Waals surface area (Å²) in [6, 6.07) is 9.00. The van der Waals surface area contributed by atoms with Gasteiger partial charge in [-0.15, -0.1) is 0 Å². The monoisotopic (exact) mass is 240 g/mol. The van der Waals surface area contributed by atoms with Crippen molar-refractivity contribution in [1.29, 1.82) is 5.26 Å². The third-order valence-electron chi connectivity index (χ3n) is 2.45. The van der Waals surface area contributed by atoms with Crippen LogP contribution < -0.4 is 5.32 Å². The molecule has 0 atom stereocenters. The van der Waals surface area contributed by atoms with E-state index in [2.05, 4.69) is 16.4 Å². The molecule has 0 fully saturated rings. The fourth-order valence-corrected chi connectivity index (χ4v) is 1.64. The lowest BCUT2D eigenvalue weighted by atomic mass is 10.3. The van der Waals surface area contributed by atoms with E-state index in [1.54, 1.807) is 41.2 Å². The topological polar surface area (TPSA) is 70.7 Å². The Hall–Kier alpha value is -2.61. The number of pyridine rings is 1. The predicted octanol–water partition coefficient (Wildman–Crippen LogP) is 1.49. The van der Waals surface area contributed by atoms with E-state index in [1.165, 1.54) is 0 Å². The molecule has 1 N–H and O–H groups in total. The van der Waals surface area contributed by atoms with Gasteiger partial charge < -0.3 is 9.88 Å². The van der Waals surface area contributed by atoms with Crippen LogP contribution in [-0.4, -0.2) is 22.0 Å². The van der Waals surface area contributed by atoms with Crippen LogP contribution in [0.3, 0.4) is 0 Å². The first kappa shape index (κ1) is 11.9. The summed E-state index contributed by atoms with van der Waals surface area (Å²) in [5.74, 6) is -0.218. The number of nitriles is 1. The normalized spacial score (nSPS) is 9.78. The van der Waals surface area contributed by atoms with Gasteiger partial charge in [0.2, 0.25) is 0 Å². The molecule has 5 nitrogen and oxygen atoms in total. The predicted molar refractivity (Wildman–Crippen MR) is 66.3 cm³/mol. The van der Waals surface area contributed by atoms with Crippen molar-refractivity contribution in [2.24, 2.45) is 0 Å². The van der Waals surface area contributed by atoms with Crippen LogP contribution in [0.5, 0.6) is 0 Å². The Labute approximate surface area is 105 Å². The highest BCUT2D eigenvalue weighted by Crippen LogP contribution is 2.12. The Balaban J connectivity index is 2.39. The van der Waals surface area contributed by atoms with Crippen LogP contribution in [0.15, 0.2) is 36.7 Å². The molecule has 0 saturated carbocycles. The molecule has 2 heterocycles. The van der Waals surface area contributed by atoms with Crippen molar-refractivity contribution in [1.82, 2.24) is 14.9 Å². The molecular weight excluding hydrogens is 228 g/mol. The van der Waals surface area contributed by atoms with Crippen LogP contribution >= 0.6 is 0 Å². The van der Waals surface area contributed by atoms with E-state index in [0.717, 1.165) is 5.69 Å². The summed E-state index contributed by atoms with van der Waals surface area (Å²) in [7, 11) is 0. The maximum absolute atomic E-state index is 11.7. The Morgan fingerprint density at radius 1 is 1.56 bits per heavy atom. The molecule has 0 spiro atoms. The average molecular weight is 240 g/mol. The van der Waals surface area contributed by atoms with Crippen LogP contribution in [0.2, 0.25) is 0 Å². The van der Waals surface area contributed by atoms with E-state index in [9.17, 15) is 4.79 Å². The second-order valence-electron chi connectivity index (χ2n) is 3.63. The lowest BCUT2D eigenvalue weighted by Gasteiger charge is -2.06. The van der Waals surface area contributed by atoms with Crippen molar-refractivity contribution in [2.45, 2.75) is 6.92 Å². The highest BCUT2D eigenvalue weighted by Gasteiger charge is 2.08. The van der Waals surface area contributed by atoms with E-state index >= 15 is 0 Å². The van der Waals surface area contributed by atoms with Crippen LogP contribution in [0.1, 0.15) is 23.1 Å². The van der Waals surface area contributed by atoms with Gasteiger partial charge >= 0.3 is 0 Å². The second-order valence-corrected chi connectivity index (χ2v) is 3.63. The number of hydrogen-bond acceptors (Lipinski definition) is 3. The fourth-order valence-electron chi connectivity index (χ4n) is 1.64. The van der Waals surface area contributed by atoms with Crippen molar-refractivity contribution in [3.63, 3.8) is 0 Å². The third kappa shape index (κ3) is 2.23. The van der Waals surface area contributed by atoms with Gasteiger partial charge in [0.15, 0.2) is 0 Å². The minimum absolute atomic E-state index is 0.218. The van der Waals surface area contributed by atoms with Gasteiger partial charge in [-0.2, -0.15) is 5.26 Å². The molecule has 2 aromatic heterocycles. The summed E-state index contributed by atoms with van der Waals surface area (Å²) >= 11 is 0. The van der Waals surface area contributed by atoms with E-state index < -0.39 is 0 Å². The smallest absolute Gasteiger partial charge is 0.269 e. The van der Waals surface area contributed by atoms with Crippen LogP contribution in [-0.2, 0) is 0 Å². The van der Waals surface area contributed by atoms with E-state index in [1.807, 2.05) is 6.92 Å². The molecule has 0 bridgehead atoms. The molecular formula is C13H12N4O. The number of amides is 1. The molecule has 0 aliphatic heterocycles. The number of carbonyl (C=O) groups is 1. The molecule has 0 radical (unpaired) electrons. The molecule has 0 aromatic carbocycles. The highest BCUT2D eigenvalue weighted by atomic mass is 16.1. The number of carbonyl (C=O) groups excluding carboxylic acids is 1. The summed E-state index contributed by atoms with van der Waals surface area (Å²) in [6.07, 6.45) is 3.33. The van der Waals surface area contributed by atoms with Crippen molar-refractivity contribution in [3.05, 3.63) is 48.0 Å². The molecule has 90 valence electrons. The second kappa shape index (κ2) is 5.15. The van der Waals surface area contributed by atoms with Gasteiger partial charge in [0, 0.05) is 18.9 Å². The van der Waals surface area contributed by atoms with Gasteiger partial charge in [-0.25, -0.2) is 0 Å². The van der Waals surface area contributed by atoms with Crippen molar-refractivity contribution in [2.75, 3.05) is 6.54 Å². The zero-order valence-corrected chi connectivity index (χ0v) is 9.92. The minimum Gasteiger partial charge on any atom is -0.351 e. The Kier molecular flexibility index (Phi) is 3.39. The molecule has 0 unspecified atom stereocenters. The van der Waals surface area contributed by atoms with Crippen LogP contribution in [0.25, 0.3) is 5.69 Å². The number of hydrogen-bond donors (Lipinski definition) is 1. The highest BCUT2D eigenvalue weighted by molar-refractivity contribution is 5.92. The van der Waals surface area contributed by atoms with Crippen LogP contribution in [0.4, 0.5) is 0 Å². The maximum Gasteiger partial charge on any atom is 0.269 e. The molecule has 1 amide bonds. The third-order valence-corrected chi connectivity index (χ3v) is 2.45. The Morgan fingerprint density at radius 3 is 3.11 bits per heavy atom. The number of aromatic nitrogens is 2. The summed E-state index contributed by atoms with van der Waals surface area (Å²) < 4.78 is 1.71. The molecule has 5 heteroatoms. The molecule has 0 aliphatic rings. The number of nitrogens with one attached hydrogen (secondary N) is 1. The van der Waals surface area contributed by atoms with Crippen LogP contribution in [0, 0.1) is 11.3 Å². The van der Waals surface area contributed by atoms with Crippen molar-refractivity contribution < 1.29 is 4.79 Å². The Morgan fingerprint density at radius 2 is 2.39 bits per heavy atom. The molecule has 2 aromatic rings. The minimum atomic E-state index is -0.218. The first-order valence-electron chi connectivity index (χ1n) is 5.58. The number of nitrogens with zero attached hydrogens (tertiary/aromatic N) is 3. The van der Waals surface area contributed by atoms with Gasteiger partial charge in [-0.1, -0.05) is 0 Å². The molecule has 2 rings (SSSR count). The first-order valence-corrected chi connectivity index (χ1v) is 5.58. The number of rotatable bonds is 3. The van der Waals surface area contributed by atoms with Crippen molar-refractivity contribution in [3.8, 4) is 11.8 Å². The maximum atomic E-state index is 11.7. The Bertz CT molecular complexity index is 609. The lowest BCUT2D eigenvalue weighted by Crippen LogP contribution is -2.23. The zero-order valence-electron chi connectivity index (χ0n) is 9.92. The summed E-state index contributed by atoms with van der Waals surface area (Å²) in [5, 5.41) is 11.7. The van der Waals surface area contributed by atoms with Gasteiger partial charge in [0.1, 0.15) is 17.5 Å². The molecule has 18 heavy (non-hydrogen) atoms. The SMILES string of the molecule is CCNC(=O)c1cc(-n2cccc2C#N)ccn1. The summed E-state index contributed by atoms with van der Waals surface area (Å²) in [5.41, 5.74) is 1.60. The molecule has 0 saturated heterocycles. The van der Waals surface area contributed by atoms with Crippen molar-refractivity contribution >= 4 is 5.91 Å². The fraction of sp³-hybridized carbons (Fsp3) is 0.154. The quantitative estimate of drug-likeness (QED) is 0.883.